The van der Waals surface area contributed by atoms with Crippen molar-refractivity contribution in [3.05, 3.63) is 64.8 Å². The van der Waals surface area contributed by atoms with E-state index in [9.17, 15) is 5.11 Å². The lowest BCUT2D eigenvalue weighted by Crippen LogP contribution is -2.30. The first-order valence-electron chi connectivity index (χ1n) is 9.21. The highest BCUT2D eigenvalue weighted by molar-refractivity contribution is 9.10. The monoisotopic (exact) mass is 441 g/mol. The van der Waals surface area contributed by atoms with Crippen molar-refractivity contribution in [3.63, 3.8) is 0 Å². The molecule has 28 heavy (non-hydrogen) atoms. The van der Waals surface area contributed by atoms with Gasteiger partial charge in [-0.15, -0.1) is 0 Å². The van der Waals surface area contributed by atoms with Crippen LogP contribution in [0.4, 0.5) is 11.8 Å². The minimum absolute atomic E-state index is 0.00957. The van der Waals surface area contributed by atoms with Crippen molar-refractivity contribution < 1.29 is 5.11 Å². The molecule has 3 aromatic rings. The van der Waals surface area contributed by atoms with E-state index in [1.54, 1.807) is 6.20 Å². The van der Waals surface area contributed by atoms with Gasteiger partial charge in [0.15, 0.2) is 0 Å². The van der Waals surface area contributed by atoms with Crippen LogP contribution in [-0.4, -0.2) is 32.7 Å². The molecule has 0 saturated heterocycles. The molecule has 2 aromatic heterocycles. The van der Waals surface area contributed by atoms with E-state index >= 15 is 0 Å². The molecule has 0 aliphatic rings. The Balaban J connectivity index is 1.88. The van der Waals surface area contributed by atoms with Crippen LogP contribution in [0.3, 0.4) is 0 Å². The largest absolute Gasteiger partial charge is 0.394 e. The summed E-state index contributed by atoms with van der Waals surface area (Å²) in [6.07, 6.45) is 1.74. The van der Waals surface area contributed by atoms with Gasteiger partial charge >= 0.3 is 0 Å². The van der Waals surface area contributed by atoms with Crippen LogP contribution in [0.15, 0.2) is 59.2 Å². The van der Waals surface area contributed by atoms with Crippen LogP contribution in [0.5, 0.6) is 0 Å². The maximum atomic E-state index is 9.64. The van der Waals surface area contributed by atoms with E-state index in [4.69, 9.17) is 0 Å². The lowest BCUT2D eigenvalue weighted by Gasteiger charge is -2.20. The standard InChI is InChI=1S/C21H24BrN5O/c1-14(2)19(13-28)26-21-25-18(17-8-3-4-9-23-17)11-20(27-21)24-12-15-6-5-7-16(22)10-15/h3-11,14,19,28H,12-13H2,1-2H3,(H2,24,25,26,27)/t19-/m0/s1. The zero-order chi connectivity index (χ0) is 19.9. The molecule has 146 valence electrons. The molecule has 2 heterocycles. The van der Waals surface area contributed by atoms with E-state index in [0.717, 1.165) is 21.4 Å². The average molecular weight is 442 g/mol. The summed E-state index contributed by atoms with van der Waals surface area (Å²) in [5.41, 5.74) is 2.62. The molecular weight excluding hydrogens is 418 g/mol. The van der Waals surface area contributed by atoms with Gasteiger partial charge in [0.25, 0.3) is 0 Å². The molecule has 0 amide bonds. The Kier molecular flexibility index (Phi) is 6.95. The highest BCUT2D eigenvalue weighted by Crippen LogP contribution is 2.21. The van der Waals surface area contributed by atoms with E-state index < -0.39 is 0 Å². The molecule has 0 aliphatic carbocycles. The Morgan fingerprint density at radius 2 is 1.89 bits per heavy atom. The highest BCUT2D eigenvalue weighted by Gasteiger charge is 2.15. The van der Waals surface area contributed by atoms with Crippen LogP contribution in [0.25, 0.3) is 11.4 Å². The number of halogens is 1. The van der Waals surface area contributed by atoms with Crippen LogP contribution in [-0.2, 0) is 6.54 Å². The van der Waals surface area contributed by atoms with Crippen molar-refractivity contribution in [2.45, 2.75) is 26.4 Å². The van der Waals surface area contributed by atoms with Crippen molar-refractivity contribution in [1.29, 1.82) is 0 Å². The van der Waals surface area contributed by atoms with Gasteiger partial charge in [-0.2, -0.15) is 4.98 Å². The van der Waals surface area contributed by atoms with Crippen molar-refractivity contribution in [1.82, 2.24) is 15.0 Å². The van der Waals surface area contributed by atoms with Crippen LogP contribution in [0.2, 0.25) is 0 Å². The first kappa shape index (κ1) is 20.2. The Labute approximate surface area is 173 Å². The van der Waals surface area contributed by atoms with Crippen LogP contribution in [0.1, 0.15) is 19.4 Å². The van der Waals surface area contributed by atoms with Crippen molar-refractivity contribution in [3.8, 4) is 11.4 Å². The maximum Gasteiger partial charge on any atom is 0.225 e. The second-order valence-electron chi connectivity index (χ2n) is 6.84. The average Bonchev–Trinajstić information content (AvgIpc) is 2.71. The van der Waals surface area contributed by atoms with Gasteiger partial charge < -0.3 is 15.7 Å². The summed E-state index contributed by atoms with van der Waals surface area (Å²) in [6.45, 7) is 4.73. The second kappa shape index (κ2) is 9.61. The van der Waals surface area contributed by atoms with E-state index in [1.165, 1.54) is 0 Å². The molecular formula is C21H24BrN5O. The van der Waals surface area contributed by atoms with Gasteiger partial charge in [-0.1, -0.05) is 48.0 Å². The van der Waals surface area contributed by atoms with Crippen LogP contribution < -0.4 is 10.6 Å². The third-order valence-electron chi connectivity index (χ3n) is 4.33. The molecule has 0 unspecified atom stereocenters. The van der Waals surface area contributed by atoms with Crippen molar-refractivity contribution in [2.24, 2.45) is 5.92 Å². The van der Waals surface area contributed by atoms with Crippen molar-refractivity contribution >= 4 is 27.7 Å². The van der Waals surface area contributed by atoms with Gasteiger partial charge in [-0.3, -0.25) is 4.98 Å². The fourth-order valence-electron chi connectivity index (χ4n) is 2.68. The zero-order valence-electron chi connectivity index (χ0n) is 15.9. The number of aliphatic hydroxyl groups excluding tert-OH is 1. The fourth-order valence-corrected chi connectivity index (χ4v) is 3.12. The number of benzene rings is 1. The van der Waals surface area contributed by atoms with Gasteiger partial charge in [-0.05, 0) is 35.7 Å². The zero-order valence-corrected chi connectivity index (χ0v) is 17.5. The predicted octanol–water partition coefficient (Wildman–Crippen LogP) is 4.34. The molecule has 3 rings (SSSR count). The van der Waals surface area contributed by atoms with Gasteiger partial charge in [0, 0.05) is 23.3 Å². The molecule has 3 N–H and O–H groups in total. The molecule has 6 nitrogen and oxygen atoms in total. The van der Waals surface area contributed by atoms with Gasteiger partial charge in [0.1, 0.15) is 5.82 Å². The molecule has 0 bridgehead atoms. The summed E-state index contributed by atoms with van der Waals surface area (Å²) in [5, 5.41) is 16.2. The molecule has 0 aliphatic heterocycles. The number of pyridine rings is 1. The third-order valence-corrected chi connectivity index (χ3v) is 4.83. The lowest BCUT2D eigenvalue weighted by atomic mass is 10.1. The summed E-state index contributed by atoms with van der Waals surface area (Å²) in [7, 11) is 0. The lowest BCUT2D eigenvalue weighted by molar-refractivity contribution is 0.248. The Morgan fingerprint density at radius 3 is 2.57 bits per heavy atom. The SMILES string of the molecule is CC(C)[C@H](CO)Nc1nc(NCc2cccc(Br)c2)cc(-c2ccccn2)n1. The summed E-state index contributed by atoms with van der Waals surface area (Å²) < 4.78 is 1.04. The van der Waals surface area contributed by atoms with Crippen molar-refractivity contribution in [2.75, 3.05) is 17.2 Å². The first-order valence-corrected chi connectivity index (χ1v) is 10.0. The third kappa shape index (κ3) is 5.50. The minimum Gasteiger partial charge on any atom is -0.394 e. The van der Waals surface area contributed by atoms with E-state index in [-0.39, 0.29) is 18.6 Å². The topological polar surface area (TPSA) is 83.0 Å². The summed E-state index contributed by atoms with van der Waals surface area (Å²) in [4.78, 5) is 13.6. The number of hydrogen-bond donors (Lipinski definition) is 3. The molecule has 0 saturated carbocycles. The van der Waals surface area contributed by atoms with Crippen LogP contribution in [0, 0.1) is 5.92 Å². The van der Waals surface area contributed by atoms with E-state index in [2.05, 4.69) is 53.6 Å². The minimum atomic E-state index is -0.128. The molecule has 0 radical (unpaired) electrons. The summed E-state index contributed by atoms with van der Waals surface area (Å²) in [6, 6.07) is 15.6. The number of hydrogen-bond acceptors (Lipinski definition) is 6. The number of nitrogens with one attached hydrogen (secondary N) is 2. The summed E-state index contributed by atoms with van der Waals surface area (Å²) in [5.74, 6) is 1.40. The number of anilines is 2. The Morgan fingerprint density at radius 1 is 1.04 bits per heavy atom. The van der Waals surface area contributed by atoms with E-state index in [1.807, 2.05) is 50.2 Å². The number of aromatic nitrogens is 3. The second-order valence-corrected chi connectivity index (χ2v) is 7.75. The number of rotatable bonds is 8. The first-order chi connectivity index (χ1) is 13.5. The van der Waals surface area contributed by atoms with Crippen LogP contribution >= 0.6 is 15.9 Å². The van der Waals surface area contributed by atoms with Gasteiger partial charge in [0.2, 0.25) is 5.95 Å². The molecule has 7 heteroatoms. The fraction of sp³-hybridized carbons (Fsp3) is 0.286. The van der Waals surface area contributed by atoms with E-state index in [0.29, 0.717) is 18.3 Å². The molecule has 0 fully saturated rings. The number of aliphatic hydroxyl groups is 1. The predicted molar refractivity (Wildman–Crippen MR) is 116 cm³/mol. The Bertz CT molecular complexity index is 904. The normalized spacial score (nSPS) is 12.0. The van der Waals surface area contributed by atoms with Gasteiger partial charge in [0.05, 0.1) is 24.0 Å². The molecule has 1 aromatic carbocycles. The highest BCUT2D eigenvalue weighted by atomic mass is 79.9. The van der Waals surface area contributed by atoms with Gasteiger partial charge in [-0.25, -0.2) is 4.98 Å². The maximum absolute atomic E-state index is 9.64. The molecule has 1 atom stereocenters. The quantitative estimate of drug-likeness (QED) is 0.482. The molecule has 0 spiro atoms. The number of nitrogens with zero attached hydrogens (tertiary/aromatic N) is 3. The smallest absolute Gasteiger partial charge is 0.225 e. The Hall–Kier alpha value is -2.51. The summed E-state index contributed by atoms with van der Waals surface area (Å²) >= 11 is 3.50.